The molecule has 0 heterocycles. The molecule has 0 bridgehead atoms. The van der Waals surface area contributed by atoms with E-state index >= 15 is 0 Å². The summed E-state index contributed by atoms with van der Waals surface area (Å²) in [5.41, 5.74) is 1.97. The molecule has 21 heavy (non-hydrogen) atoms. The van der Waals surface area contributed by atoms with E-state index in [1.165, 1.54) is 0 Å². The monoisotopic (exact) mass is 303 g/mol. The van der Waals surface area contributed by atoms with Crippen LogP contribution in [0.1, 0.15) is 28.8 Å². The number of anilines is 1. The highest BCUT2D eigenvalue weighted by Crippen LogP contribution is 2.21. The first-order valence-corrected chi connectivity index (χ1v) is 8.43. The Balaban J connectivity index is 2.17. The maximum atomic E-state index is 12.4. The zero-order valence-corrected chi connectivity index (χ0v) is 12.7. The fraction of sp³-hybridized carbons (Fsp3) is 0.188. The third-order valence-electron chi connectivity index (χ3n) is 3.17. The van der Waals surface area contributed by atoms with Crippen molar-refractivity contribution in [3.63, 3.8) is 0 Å². The molecular weight excluding hydrogens is 286 g/mol. The number of carbonyl (C=O) groups is 1. The fourth-order valence-corrected chi connectivity index (χ4v) is 2.62. The van der Waals surface area contributed by atoms with Gasteiger partial charge in [-0.3, -0.25) is 9.52 Å². The van der Waals surface area contributed by atoms with Crippen LogP contribution in [-0.4, -0.2) is 20.5 Å². The average molecular weight is 303 g/mol. The second-order valence-electron chi connectivity index (χ2n) is 4.95. The van der Waals surface area contributed by atoms with Crippen LogP contribution in [0.2, 0.25) is 0 Å². The van der Waals surface area contributed by atoms with Gasteiger partial charge >= 0.3 is 0 Å². The molecule has 1 atom stereocenters. The van der Waals surface area contributed by atoms with Gasteiger partial charge in [0.25, 0.3) is 0 Å². The van der Waals surface area contributed by atoms with Crippen LogP contribution in [0.25, 0.3) is 0 Å². The molecule has 0 spiro atoms. The van der Waals surface area contributed by atoms with Gasteiger partial charge in [0.05, 0.1) is 6.26 Å². The number of hydrogen-bond acceptors (Lipinski definition) is 3. The molecule has 0 aliphatic carbocycles. The van der Waals surface area contributed by atoms with Crippen LogP contribution in [0.15, 0.2) is 54.6 Å². The molecule has 110 valence electrons. The van der Waals surface area contributed by atoms with E-state index in [0.717, 1.165) is 11.8 Å². The van der Waals surface area contributed by atoms with Crippen molar-refractivity contribution in [1.29, 1.82) is 0 Å². The summed E-state index contributed by atoms with van der Waals surface area (Å²) in [4.78, 5) is 12.4. The van der Waals surface area contributed by atoms with Crippen molar-refractivity contribution in [2.75, 3.05) is 11.0 Å². The van der Waals surface area contributed by atoms with Crippen LogP contribution in [0.3, 0.4) is 0 Å². The Bertz CT molecular complexity index is 722. The lowest BCUT2D eigenvalue weighted by Crippen LogP contribution is -2.11. The Morgan fingerprint density at radius 3 is 2.10 bits per heavy atom. The molecule has 0 saturated heterocycles. The molecule has 0 aromatic heterocycles. The summed E-state index contributed by atoms with van der Waals surface area (Å²) < 4.78 is 24.6. The first kappa shape index (κ1) is 15.3. The molecule has 2 rings (SSSR count). The maximum Gasteiger partial charge on any atom is 0.229 e. The van der Waals surface area contributed by atoms with Gasteiger partial charge in [-0.2, -0.15) is 0 Å². The van der Waals surface area contributed by atoms with E-state index in [-0.39, 0.29) is 11.7 Å². The Morgan fingerprint density at radius 1 is 1.00 bits per heavy atom. The minimum absolute atomic E-state index is 0.00658. The average Bonchev–Trinajstić information content (AvgIpc) is 2.46. The molecule has 0 aliphatic rings. The van der Waals surface area contributed by atoms with Gasteiger partial charge < -0.3 is 0 Å². The lowest BCUT2D eigenvalue weighted by Gasteiger charge is -2.11. The van der Waals surface area contributed by atoms with E-state index in [0.29, 0.717) is 11.3 Å². The molecule has 0 fully saturated rings. The van der Waals surface area contributed by atoms with Crippen LogP contribution in [-0.2, 0) is 10.0 Å². The standard InChI is InChI=1S/C16H17NO3S/c1-12(13-6-4-3-5-7-13)16(18)14-8-10-15(11-9-14)17-21(2,19)20/h3-12,17H,1-2H3. The largest absolute Gasteiger partial charge is 0.294 e. The number of hydrogen-bond donors (Lipinski definition) is 1. The Morgan fingerprint density at radius 2 is 1.57 bits per heavy atom. The smallest absolute Gasteiger partial charge is 0.229 e. The molecule has 0 radical (unpaired) electrons. The minimum Gasteiger partial charge on any atom is -0.294 e. The Labute approximate surface area is 124 Å². The number of Topliss-reactive ketones (excluding diaryl/α,β-unsaturated/α-hetero) is 1. The van der Waals surface area contributed by atoms with Gasteiger partial charge in [-0.15, -0.1) is 0 Å². The quantitative estimate of drug-likeness (QED) is 0.864. The highest BCUT2D eigenvalue weighted by Gasteiger charge is 2.16. The maximum absolute atomic E-state index is 12.4. The molecule has 0 saturated carbocycles. The zero-order chi connectivity index (χ0) is 15.5. The van der Waals surface area contributed by atoms with Crippen LogP contribution >= 0.6 is 0 Å². The van der Waals surface area contributed by atoms with Gasteiger partial charge in [0.2, 0.25) is 10.0 Å². The fourth-order valence-electron chi connectivity index (χ4n) is 2.06. The first-order valence-electron chi connectivity index (χ1n) is 6.54. The number of nitrogens with one attached hydrogen (secondary N) is 1. The summed E-state index contributed by atoms with van der Waals surface area (Å²) in [6.45, 7) is 1.86. The summed E-state index contributed by atoms with van der Waals surface area (Å²) in [6, 6.07) is 16.0. The third kappa shape index (κ3) is 4.16. The van der Waals surface area contributed by atoms with E-state index in [9.17, 15) is 13.2 Å². The number of ketones is 1. The minimum atomic E-state index is -3.30. The summed E-state index contributed by atoms with van der Waals surface area (Å²) >= 11 is 0. The lowest BCUT2D eigenvalue weighted by molar-refractivity contribution is 0.0966. The second kappa shape index (κ2) is 6.10. The molecule has 0 amide bonds. The zero-order valence-electron chi connectivity index (χ0n) is 11.9. The van der Waals surface area contributed by atoms with Crippen LogP contribution in [0.5, 0.6) is 0 Å². The third-order valence-corrected chi connectivity index (χ3v) is 3.77. The Kier molecular flexibility index (Phi) is 4.43. The molecular formula is C16H17NO3S. The molecule has 1 N–H and O–H groups in total. The number of benzene rings is 2. The predicted octanol–water partition coefficient (Wildman–Crippen LogP) is 3.04. The summed E-state index contributed by atoms with van der Waals surface area (Å²) in [6.07, 6.45) is 1.09. The van der Waals surface area contributed by atoms with Crippen LogP contribution < -0.4 is 4.72 Å². The van der Waals surface area contributed by atoms with E-state index in [4.69, 9.17) is 0 Å². The van der Waals surface area contributed by atoms with Crippen molar-refractivity contribution in [2.24, 2.45) is 0 Å². The molecule has 4 nitrogen and oxygen atoms in total. The summed E-state index contributed by atoms with van der Waals surface area (Å²) in [7, 11) is -3.30. The van der Waals surface area contributed by atoms with Crippen molar-refractivity contribution >= 4 is 21.5 Å². The van der Waals surface area contributed by atoms with Gasteiger partial charge in [0, 0.05) is 17.2 Å². The number of rotatable bonds is 5. The van der Waals surface area contributed by atoms with E-state index in [2.05, 4.69) is 4.72 Å². The van der Waals surface area contributed by atoms with Crippen LogP contribution in [0, 0.1) is 0 Å². The van der Waals surface area contributed by atoms with E-state index in [1.54, 1.807) is 24.3 Å². The van der Waals surface area contributed by atoms with Gasteiger partial charge in [0.15, 0.2) is 5.78 Å². The van der Waals surface area contributed by atoms with Crippen molar-refractivity contribution in [1.82, 2.24) is 0 Å². The molecule has 2 aromatic rings. The normalized spacial score (nSPS) is 12.7. The van der Waals surface area contributed by atoms with Crippen molar-refractivity contribution in [3.8, 4) is 0 Å². The number of carbonyl (C=O) groups excluding carboxylic acids is 1. The van der Waals surface area contributed by atoms with Gasteiger partial charge in [-0.25, -0.2) is 8.42 Å². The van der Waals surface area contributed by atoms with E-state index < -0.39 is 10.0 Å². The highest BCUT2D eigenvalue weighted by molar-refractivity contribution is 7.92. The summed E-state index contributed by atoms with van der Waals surface area (Å²) in [5.74, 6) is -0.230. The second-order valence-corrected chi connectivity index (χ2v) is 6.70. The van der Waals surface area contributed by atoms with Gasteiger partial charge in [-0.1, -0.05) is 37.3 Å². The van der Waals surface area contributed by atoms with Crippen LogP contribution in [0.4, 0.5) is 5.69 Å². The topological polar surface area (TPSA) is 63.2 Å². The molecule has 1 unspecified atom stereocenters. The molecule has 5 heteroatoms. The predicted molar refractivity (Wildman–Crippen MR) is 84.1 cm³/mol. The van der Waals surface area contributed by atoms with Crippen molar-refractivity contribution in [3.05, 3.63) is 65.7 Å². The van der Waals surface area contributed by atoms with E-state index in [1.807, 2.05) is 37.3 Å². The van der Waals surface area contributed by atoms with Gasteiger partial charge in [-0.05, 0) is 29.8 Å². The SMILES string of the molecule is CC(C(=O)c1ccc(NS(C)(=O)=O)cc1)c1ccccc1. The van der Waals surface area contributed by atoms with Gasteiger partial charge in [0.1, 0.15) is 0 Å². The summed E-state index contributed by atoms with van der Waals surface area (Å²) in [5, 5.41) is 0. The molecule has 2 aromatic carbocycles. The van der Waals surface area contributed by atoms with Crippen molar-refractivity contribution < 1.29 is 13.2 Å². The first-order chi connectivity index (χ1) is 9.87. The lowest BCUT2D eigenvalue weighted by atomic mass is 9.92. The van der Waals surface area contributed by atoms with Crippen molar-refractivity contribution in [2.45, 2.75) is 12.8 Å². The highest BCUT2D eigenvalue weighted by atomic mass is 32.2. The number of sulfonamides is 1. The Hall–Kier alpha value is -2.14. The molecule has 0 aliphatic heterocycles.